The van der Waals surface area contributed by atoms with Gasteiger partial charge < -0.3 is 9.30 Å². The Labute approximate surface area is 156 Å². The Balaban J connectivity index is 1.59. The van der Waals surface area contributed by atoms with E-state index in [0.717, 1.165) is 24.2 Å². The minimum Gasteiger partial charge on any atom is -0.457 e. The molecular formula is C19H19Cl2NO3. The number of ketones is 1. The number of hydrogen-bond acceptors (Lipinski definition) is 3. The molecule has 0 amide bonds. The Kier molecular flexibility index (Phi) is 5.21. The molecule has 0 N–H and O–H groups in total. The van der Waals surface area contributed by atoms with Crippen molar-refractivity contribution >= 4 is 35.0 Å². The number of rotatable bonds is 6. The number of nitrogens with zero attached hydrogens (tertiary/aromatic N) is 1. The van der Waals surface area contributed by atoms with Gasteiger partial charge in [-0.1, -0.05) is 29.3 Å². The second kappa shape index (κ2) is 7.22. The molecule has 1 aromatic carbocycles. The Morgan fingerprint density at radius 1 is 1.16 bits per heavy atom. The van der Waals surface area contributed by atoms with Gasteiger partial charge in [-0.3, -0.25) is 9.59 Å². The van der Waals surface area contributed by atoms with Gasteiger partial charge in [-0.2, -0.15) is 0 Å². The summed E-state index contributed by atoms with van der Waals surface area (Å²) in [6, 6.07) is 7.35. The molecule has 0 aliphatic heterocycles. The number of hydrogen-bond donors (Lipinski definition) is 0. The van der Waals surface area contributed by atoms with Crippen LogP contribution in [-0.4, -0.2) is 22.9 Å². The zero-order chi connectivity index (χ0) is 18.1. The maximum absolute atomic E-state index is 12.4. The van der Waals surface area contributed by atoms with E-state index in [4.69, 9.17) is 27.9 Å². The van der Waals surface area contributed by atoms with Gasteiger partial charge >= 0.3 is 5.97 Å². The largest absolute Gasteiger partial charge is 0.457 e. The van der Waals surface area contributed by atoms with Crippen LogP contribution in [0.4, 0.5) is 0 Å². The molecule has 1 fully saturated rings. The lowest BCUT2D eigenvalue weighted by Crippen LogP contribution is -2.16. The first-order valence-corrected chi connectivity index (χ1v) is 8.93. The topological polar surface area (TPSA) is 48.3 Å². The summed E-state index contributed by atoms with van der Waals surface area (Å²) in [6.45, 7) is 3.68. The van der Waals surface area contributed by atoms with Gasteiger partial charge in [0.15, 0.2) is 6.61 Å². The first kappa shape index (κ1) is 18.0. The van der Waals surface area contributed by atoms with Crippen molar-refractivity contribution in [3.05, 3.63) is 56.8 Å². The number of aryl methyl sites for hydroxylation is 1. The highest BCUT2D eigenvalue weighted by atomic mass is 35.5. The zero-order valence-corrected chi connectivity index (χ0v) is 15.7. The van der Waals surface area contributed by atoms with Crippen molar-refractivity contribution in [2.45, 2.75) is 39.2 Å². The third kappa shape index (κ3) is 4.07. The second-order valence-corrected chi connectivity index (χ2v) is 7.21. The number of esters is 1. The molecular weight excluding hydrogens is 361 g/mol. The van der Waals surface area contributed by atoms with Crippen molar-refractivity contribution in [2.24, 2.45) is 0 Å². The van der Waals surface area contributed by atoms with E-state index in [9.17, 15) is 9.59 Å². The third-order valence-electron chi connectivity index (χ3n) is 4.39. The lowest BCUT2D eigenvalue weighted by Gasteiger charge is -2.08. The molecule has 1 aliphatic rings. The van der Waals surface area contributed by atoms with Gasteiger partial charge in [-0.05, 0) is 50.5 Å². The molecule has 0 radical (unpaired) electrons. The SMILES string of the molecule is Cc1cc(C(=O)COC(=O)Cc2ccc(Cl)c(Cl)c2)c(C)n1C1CC1. The van der Waals surface area contributed by atoms with Crippen LogP contribution in [0, 0.1) is 13.8 Å². The minimum atomic E-state index is -0.470. The Bertz CT molecular complexity index is 837. The van der Waals surface area contributed by atoms with Gasteiger partial charge in [-0.25, -0.2) is 0 Å². The van der Waals surface area contributed by atoms with Crippen molar-refractivity contribution in [1.82, 2.24) is 4.57 Å². The first-order valence-electron chi connectivity index (χ1n) is 8.18. The van der Waals surface area contributed by atoms with E-state index in [0.29, 0.717) is 27.2 Å². The molecule has 1 saturated carbocycles. The molecule has 0 atom stereocenters. The fraction of sp³-hybridized carbons (Fsp3) is 0.368. The number of carbonyl (C=O) groups is 2. The highest BCUT2D eigenvalue weighted by Gasteiger charge is 2.28. The van der Waals surface area contributed by atoms with Crippen LogP contribution in [0.5, 0.6) is 0 Å². The Morgan fingerprint density at radius 3 is 2.52 bits per heavy atom. The second-order valence-electron chi connectivity index (χ2n) is 6.40. The van der Waals surface area contributed by atoms with Crippen molar-refractivity contribution in [3.63, 3.8) is 0 Å². The number of aromatic nitrogens is 1. The summed E-state index contributed by atoms with van der Waals surface area (Å²) in [6.07, 6.45) is 2.36. The van der Waals surface area contributed by atoms with Gasteiger partial charge in [-0.15, -0.1) is 0 Å². The predicted octanol–water partition coefficient (Wildman–Crippen LogP) is 4.72. The third-order valence-corrected chi connectivity index (χ3v) is 5.13. The quantitative estimate of drug-likeness (QED) is 0.539. The summed E-state index contributed by atoms with van der Waals surface area (Å²) in [4.78, 5) is 24.4. The molecule has 3 rings (SSSR count). The average Bonchev–Trinajstić information content (AvgIpc) is 3.34. The molecule has 6 heteroatoms. The smallest absolute Gasteiger partial charge is 0.310 e. The highest BCUT2D eigenvalue weighted by molar-refractivity contribution is 6.42. The van der Waals surface area contributed by atoms with E-state index in [1.54, 1.807) is 18.2 Å². The summed E-state index contributed by atoms with van der Waals surface area (Å²) in [5.41, 5.74) is 3.35. The molecule has 0 bridgehead atoms. The van der Waals surface area contributed by atoms with Gasteiger partial charge in [0.25, 0.3) is 0 Å². The standard InChI is InChI=1S/C19H19Cl2NO3/c1-11-7-15(12(2)22(11)14-4-5-14)18(23)10-25-19(24)9-13-3-6-16(20)17(21)8-13/h3,6-8,14H,4-5,9-10H2,1-2H3. The number of ether oxygens (including phenoxy) is 1. The van der Waals surface area contributed by atoms with Gasteiger partial charge in [0.1, 0.15) is 0 Å². The van der Waals surface area contributed by atoms with Gasteiger partial charge in [0, 0.05) is 23.0 Å². The minimum absolute atomic E-state index is 0.0469. The Morgan fingerprint density at radius 2 is 1.88 bits per heavy atom. The molecule has 0 unspecified atom stereocenters. The molecule has 0 saturated heterocycles. The zero-order valence-electron chi connectivity index (χ0n) is 14.1. The predicted molar refractivity (Wildman–Crippen MR) is 97.6 cm³/mol. The Hall–Kier alpha value is -1.78. The van der Waals surface area contributed by atoms with E-state index in [1.807, 2.05) is 19.9 Å². The maximum atomic E-state index is 12.4. The van der Waals surface area contributed by atoms with Gasteiger partial charge in [0.2, 0.25) is 5.78 Å². The number of Topliss-reactive ketones (excluding diaryl/α,β-unsaturated/α-hetero) is 1. The van der Waals surface area contributed by atoms with E-state index >= 15 is 0 Å². The van der Waals surface area contributed by atoms with E-state index in [1.165, 1.54) is 0 Å². The van der Waals surface area contributed by atoms with E-state index in [2.05, 4.69) is 4.57 Å². The van der Waals surface area contributed by atoms with Crippen molar-refractivity contribution in [3.8, 4) is 0 Å². The van der Waals surface area contributed by atoms with Crippen LogP contribution in [0.3, 0.4) is 0 Å². The molecule has 1 aliphatic carbocycles. The van der Waals surface area contributed by atoms with Crippen LogP contribution in [0.15, 0.2) is 24.3 Å². The summed E-state index contributed by atoms with van der Waals surface area (Å²) < 4.78 is 7.34. The summed E-state index contributed by atoms with van der Waals surface area (Å²) in [7, 11) is 0. The van der Waals surface area contributed by atoms with Crippen LogP contribution in [0.25, 0.3) is 0 Å². The van der Waals surface area contributed by atoms with Crippen LogP contribution in [-0.2, 0) is 16.0 Å². The first-order chi connectivity index (χ1) is 11.9. The molecule has 1 aromatic heterocycles. The molecule has 0 spiro atoms. The van der Waals surface area contributed by atoms with E-state index in [-0.39, 0.29) is 18.8 Å². The van der Waals surface area contributed by atoms with Crippen molar-refractivity contribution < 1.29 is 14.3 Å². The molecule has 2 aromatic rings. The lowest BCUT2D eigenvalue weighted by atomic mass is 10.1. The van der Waals surface area contributed by atoms with Crippen molar-refractivity contribution in [1.29, 1.82) is 0 Å². The molecule has 4 nitrogen and oxygen atoms in total. The summed E-state index contributed by atoms with van der Waals surface area (Å²) >= 11 is 11.8. The monoisotopic (exact) mass is 379 g/mol. The number of halogens is 2. The van der Waals surface area contributed by atoms with E-state index < -0.39 is 5.97 Å². The lowest BCUT2D eigenvalue weighted by molar-refractivity contribution is -0.141. The molecule has 132 valence electrons. The molecule has 25 heavy (non-hydrogen) atoms. The normalized spacial score (nSPS) is 13.8. The van der Waals surface area contributed by atoms with Crippen molar-refractivity contribution in [2.75, 3.05) is 6.61 Å². The van der Waals surface area contributed by atoms with Crippen LogP contribution >= 0.6 is 23.2 Å². The van der Waals surface area contributed by atoms with Crippen LogP contribution in [0.1, 0.15) is 46.2 Å². The number of carbonyl (C=O) groups excluding carboxylic acids is 2. The summed E-state index contributed by atoms with van der Waals surface area (Å²) in [5, 5.41) is 0.815. The average molecular weight is 380 g/mol. The van der Waals surface area contributed by atoms with Crippen LogP contribution < -0.4 is 0 Å². The number of benzene rings is 1. The summed E-state index contributed by atoms with van der Waals surface area (Å²) in [5.74, 6) is -0.648. The highest BCUT2D eigenvalue weighted by Crippen LogP contribution is 2.38. The van der Waals surface area contributed by atoms with Gasteiger partial charge in [0.05, 0.1) is 16.5 Å². The fourth-order valence-electron chi connectivity index (χ4n) is 3.05. The van der Waals surface area contributed by atoms with Crippen LogP contribution in [0.2, 0.25) is 10.0 Å². The fourth-order valence-corrected chi connectivity index (χ4v) is 3.37. The molecule has 1 heterocycles. The maximum Gasteiger partial charge on any atom is 0.310 e.